The molecule has 0 bridgehead atoms. The van der Waals surface area contributed by atoms with Gasteiger partial charge < -0.3 is 10.8 Å². The van der Waals surface area contributed by atoms with Gasteiger partial charge in [-0.2, -0.15) is 0 Å². The van der Waals surface area contributed by atoms with E-state index in [1.807, 2.05) is 24.3 Å². The third-order valence-corrected chi connectivity index (χ3v) is 3.51. The second kappa shape index (κ2) is 6.45. The Kier molecular flexibility index (Phi) is 5.56. The summed E-state index contributed by atoms with van der Waals surface area (Å²) < 4.78 is 1.12. The third-order valence-electron chi connectivity index (χ3n) is 2.53. The van der Waals surface area contributed by atoms with Crippen molar-refractivity contribution < 1.29 is 5.11 Å². The third kappa shape index (κ3) is 3.74. The summed E-state index contributed by atoms with van der Waals surface area (Å²) in [5.74, 6) is 0. The van der Waals surface area contributed by atoms with Crippen LogP contribution in [0.4, 0.5) is 0 Å². The Balaban J connectivity index is 2.67. The van der Waals surface area contributed by atoms with Gasteiger partial charge in [-0.15, -0.1) is 0 Å². The Morgan fingerprint density at radius 2 is 2.07 bits per heavy atom. The highest BCUT2D eigenvalue weighted by Crippen LogP contribution is 2.22. The van der Waals surface area contributed by atoms with Gasteiger partial charge in [-0.3, -0.25) is 0 Å². The first kappa shape index (κ1) is 12.9. The highest BCUT2D eigenvalue weighted by molar-refractivity contribution is 14.1. The van der Waals surface area contributed by atoms with Crippen LogP contribution < -0.4 is 5.73 Å². The molecule has 0 aliphatic carbocycles. The number of hydrogen-bond acceptors (Lipinski definition) is 2. The number of rotatable bonds is 5. The molecule has 0 fully saturated rings. The fourth-order valence-electron chi connectivity index (χ4n) is 1.55. The molecular formula is C12H18INO. The van der Waals surface area contributed by atoms with Gasteiger partial charge in [-0.05, 0) is 40.6 Å². The maximum absolute atomic E-state index is 9.90. The first-order chi connectivity index (χ1) is 7.16. The molecular weight excluding hydrogens is 301 g/mol. The van der Waals surface area contributed by atoms with E-state index in [2.05, 4.69) is 29.5 Å². The molecule has 0 aliphatic heterocycles. The summed E-state index contributed by atoms with van der Waals surface area (Å²) in [7, 11) is 0. The van der Waals surface area contributed by atoms with Crippen LogP contribution in [0, 0.1) is 3.57 Å². The average Bonchev–Trinajstić information content (AvgIpc) is 2.25. The topological polar surface area (TPSA) is 46.2 Å². The van der Waals surface area contributed by atoms with Crippen LogP contribution in [0.25, 0.3) is 0 Å². The van der Waals surface area contributed by atoms with Crippen molar-refractivity contribution in [2.45, 2.75) is 38.3 Å². The Hall–Kier alpha value is -0.130. The number of unbranched alkanes of at least 4 members (excludes halogenated alkanes) is 1. The van der Waals surface area contributed by atoms with Gasteiger partial charge >= 0.3 is 0 Å². The van der Waals surface area contributed by atoms with E-state index in [0.717, 1.165) is 28.4 Å². The van der Waals surface area contributed by atoms with Crippen LogP contribution in [0.3, 0.4) is 0 Å². The van der Waals surface area contributed by atoms with Crippen molar-refractivity contribution in [3.63, 3.8) is 0 Å². The lowest BCUT2D eigenvalue weighted by Crippen LogP contribution is -2.26. The van der Waals surface area contributed by atoms with E-state index >= 15 is 0 Å². The lowest BCUT2D eigenvalue weighted by Gasteiger charge is -2.20. The first-order valence-corrected chi connectivity index (χ1v) is 6.42. The summed E-state index contributed by atoms with van der Waals surface area (Å²) in [4.78, 5) is 0. The van der Waals surface area contributed by atoms with Gasteiger partial charge in [0.25, 0.3) is 0 Å². The molecule has 1 rings (SSSR count). The van der Waals surface area contributed by atoms with Gasteiger partial charge in [0.15, 0.2) is 0 Å². The molecule has 15 heavy (non-hydrogen) atoms. The molecule has 0 radical (unpaired) electrons. The molecule has 0 saturated heterocycles. The first-order valence-electron chi connectivity index (χ1n) is 5.35. The van der Waals surface area contributed by atoms with Crippen LogP contribution >= 0.6 is 22.6 Å². The van der Waals surface area contributed by atoms with Crippen LogP contribution in [-0.4, -0.2) is 11.2 Å². The van der Waals surface area contributed by atoms with Crippen molar-refractivity contribution in [2.24, 2.45) is 5.73 Å². The normalized spacial score (nSPS) is 14.9. The zero-order chi connectivity index (χ0) is 11.3. The lowest BCUT2D eigenvalue weighted by atomic mass is 9.98. The Labute approximate surface area is 105 Å². The van der Waals surface area contributed by atoms with Crippen molar-refractivity contribution >= 4 is 22.6 Å². The molecule has 0 unspecified atom stereocenters. The highest BCUT2D eigenvalue weighted by atomic mass is 127. The average molecular weight is 319 g/mol. The lowest BCUT2D eigenvalue weighted by molar-refractivity contribution is 0.132. The number of aliphatic hydroxyl groups excluding tert-OH is 1. The molecule has 1 aromatic rings. The largest absolute Gasteiger partial charge is 0.391 e. The van der Waals surface area contributed by atoms with Crippen LogP contribution in [0.1, 0.15) is 37.8 Å². The molecule has 0 aliphatic rings. The SMILES string of the molecule is CCCC[C@@H](O)[C@@H](N)c1ccccc1I. The zero-order valence-electron chi connectivity index (χ0n) is 8.99. The monoisotopic (exact) mass is 319 g/mol. The molecule has 2 atom stereocenters. The second-order valence-electron chi connectivity index (χ2n) is 3.76. The molecule has 0 amide bonds. The molecule has 3 N–H and O–H groups in total. The van der Waals surface area contributed by atoms with E-state index in [1.54, 1.807) is 0 Å². The molecule has 3 heteroatoms. The van der Waals surface area contributed by atoms with Gasteiger partial charge in [0.05, 0.1) is 12.1 Å². The van der Waals surface area contributed by atoms with Gasteiger partial charge in [0.2, 0.25) is 0 Å². The molecule has 1 aromatic carbocycles. The van der Waals surface area contributed by atoms with E-state index in [0.29, 0.717) is 0 Å². The van der Waals surface area contributed by atoms with Crippen molar-refractivity contribution in [3.05, 3.63) is 33.4 Å². The van der Waals surface area contributed by atoms with Crippen LogP contribution in [-0.2, 0) is 0 Å². The number of benzene rings is 1. The van der Waals surface area contributed by atoms with E-state index in [-0.39, 0.29) is 6.04 Å². The molecule has 2 nitrogen and oxygen atoms in total. The van der Waals surface area contributed by atoms with Crippen molar-refractivity contribution in [2.75, 3.05) is 0 Å². The van der Waals surface area contributed by atoms with E-state index in [1.165, 1.54) is 0 Å². The molecule has 0 spiro atoms. The fraction of sp³-hybridized carbons (Fsp3) is 0.500. The minimum atomic E-state index is -0.430. The summed E-state index contributed by atoms with van der Waals surface area (Å²) in [6.07, 6.45) is 2.47. The van der Waals surface area contributed by atoms with Crippen molar-refractivity contribution in [3.8, 4) is 0 Å². The van der Waals surface area contributed by atoms with Gasteiger partial charge in [-0.1, -0.05) is 38.0 Å². The van der Waals surface area contributed by atoms with Crippen LogP contribution in [0.15, 0.2) is 24.3 Å². The van der Waals surface area contributed by atoms with Crippen molar-refractivity contribution in [1.82, 2.24) is 0 Å². The number of halogens is 1. The van der Waals surface area contributed by atoms with E-state index in [4.69, 9.17) is 5.73 Å². The van der Waals surface area contributed by atoms with E-state index in [9.17, 15) is 5.11 Å². The maximum atomic E-state index is 9.90. The Bertz CT molecular complexity index is 303. The molecule has 0 heterocycles. The van der Waals surface area contributed by atoms with E-state index < -0.39 is 6.10 Å². The zero-order valence-corrected chi connectivity index (χ0v) is 11.1. The fourth-order valence-corrected chi connectivity index (χ4v) is 2.29. The Morgan fingerprint density at radius 3 is 2.67 bits per heavy atom. The van der Waals surface area contributed by atoms with Crippen LogP contribution in [0.2, 0.25) is 0 Å². The number of hydrogen-bond donors (Lipinski definition) is 2. The minimum absolute atomic E-state index is 0.260. The molecule has 84 valence electrons. The maximum Gasteiger partial charge on any atom is 0.0733 e. The van der Waals surface area contributed by atoms with Gasteiger partial charge in [0, 0.05) is 3.57 Å². The number of aliphatic hydroxyl groups is 1. The Morgan fingerprint density at radius 1 is 1.40 bits per heavy atom. The second-order valence-corrected chi connectivity index (χ2v) is 4.92. The summed E-state index contributed by atoms with van der Waals surface area (Å²) in [6, 6.07) is 7.69. The molecule has 0 aromatic heterocycles. The van der Waals surface area contributed by atoms with Gasteiger partial charge in [0.1, 0.15) is 0 Å². The minimum Gasteiger partial charge on any atom is -0.391 e. The summed E-state index contributed by atoms with van der Waals surface area (Å²) in [5.41, 5.74) is 7.07. The summed E-state index contributed by atoms with van der Waals surface area (Å²) >= 11 is 2.26. The van der Waals surface area contributed by atoms with Crippen molar-refractivity contribution in [1.29, 1.82) is 0 Å². The standard InChI is InChI=1S/C12H18INO/c1-2-3-8-11(15)12(14)9-6-4-5-7-10(9)13/h4-7,11-12,15H,2-3,8,14H2,1H3/t11-,12+/m1/s1. The highest BCUT2D eigenvalue weighted by Gasteiger charge is 2.17. The van der Waals surface area contributed by atoms with Crippen LogP contribution in [0.5, 0.6) is 0 Å². The number of nitrogens with two attached hydrogens (primary N) is 1. The predicted octanol–water partition coefficient (Wildman–Crippen LogP) is 2.84. The smallest absolute Gasteiger partial charge is 0.0733 e. The quantitative estimate of drug-likeness (QED) is 0.820. The molecule has 0 saturated carbocycles. The summed E-state index contributed by atoms with van der Waals surface area (Å²) in [6.45, 7) is 2.12. The predicted molar refractivity (Wildman–Crippen MR) is 71.6 cm³/mol. The summed E-state index contributed by atoms with van der Waals surface area (Å²) in [5, 5.41) is 9.90. The van der Waals surface area contributed by atoms with Gasteiger partial charge in [-0.25, -0.2) is 0 Å².